The number of hydrogen-bond acceptors (Lipinski definition) is 8. The summed E-state index contributed by atoms with van der Waals surface area (Å²) < 4.78 is 3.41. The molecule has 0 fully saturated rings. The van der Waals surface area contributed by atoms with E-state index in [2.05, 4.69) is 41.4 Å². The van der Waals surface area contributed by atoms with Gasteiger partial charge in [-0.05, 0) is 42.8 Å². The highest BCUT2D eigenvalue weighted by Gasteiger charge is 2.38. The highest BCUT2D eigenvalue weighted by Crippen LogP contribution is 2.30. The van der Waals surface area contributed by atoms with Crippen LogP contribution in [0.25, 0.3) is 16.9 Å². The monoisotopic (exact) mass is 497 g/mol. The largest absolute Gasteiger partial charge is 0.331 e. The Hall–Kier alpha value is -4.94. The third-order valence-electron chi connectivity index (χ3n) is 6.53. The summed E-state index contributed by atoms with van der Waals surface area (Å²) in [7, 11) is 0. The highest BCUT2D eigenvalue weighted by atomic mass is 16.2. The van der Waals surface area contributed by atoms with Gasteiger partial charge in [0.1, 0.15) is 5.69 Å². The lowest BCUT2D eigenvalue weighted by Crippen LogP contribution is -2.43. The molecule has 4 aromatic heterocycles. The van der Waals surface area contributed by atoms with Gasteiger partial charge in [-0.2, -0.15) is 10.3 Å². The number of H-pyrrole nitrogens is 1. The number of aromatic nitrogens is 9. The molecule has 37 heavy (non-hydrogen) atoms. The zero-order valence-corrected chi connectivity index (χ0v) is 20.2. The van der Waals surface area contributed by atoms with Crippen molar-refractivity contribution >= 4 is 23.0 Å². The van der Waals surface area contributed by atoms with Gasteiger partial charge in [0.15, 0.2) is 0 Å². The minimum absolute atomic E-state index is 0.179. The molecule has 0 aliphatic carbocycles. The Labute approximate surface area is 210 Å². The summed E-state index contributed by atoms with van der Waals surface area (Å²) in [6.07, 6.45) is 3.38. The maximum atomic E-state index is 13.7. The standard InChI is InChI=1S/C24H23N11O2/c1-3-34-21-18(23(36)26-16-8-4-7-15(10-16)22-28-30-31-29-22)12-33(13-19(21)27-32-34)24(37)17-11-25-35-9-5-6-14(2)20(17)35/h4-11,18H,3,12-13H2,1-2H3,(H,26,36)(H,28,29,30,31). The van der Waals surface area contributed by atoms with Gasteiger partial charge >= 0.3 is 0 Å². The van der Waals surface area contributed by atoms with Crippen molar-refractivity contribution in [3.63, 3.8) is 0 Å². The number of tetrazole rings is 1. The molecule has 1 aromatic carbocycles. The average molecular weight is 498 g/mol. The van der Waals surface area contributed by atoms with Crippen LogP contribution in [0.2, 0.25) is 0 Å². The number of pyridine rings is 1. The van der Waals surface area contributed by atoms with Gasteiger partial charge in [0.2, 0.25) is 11.7 Å². The predicted molar refractivity (Wildman–Crippen MR) is 131 cm³/mol. The van der Waals surface area contributed by atoms with Crippen LogP contribution in [0.15, 0.2) is 48.8 Å². The van der Waals surface area contributed by atoms with Gasteiger partial charge < -0.3 is 10.2 Å². The summed E-state index contributed by atoms with van der Waals surface area (Å²) in [5.74, 6) is -0.723. The maximum Gasteiger partial charge on any atom is 0.258 e. The molecule has 0 saturated heterocycles. The molecule has 2 amide bonds. The minimum Gasteiger partial charge on any atom is -0.331 e. The number of carbonyl (C=O) groups excluding carboxylic acids is 2. The molecule has 5 aromatic rings. The molecule has 0 saturated carbocycles. The van der Waals surface area contributed by atoms with Crippen molar-refractivity contribution in [3.05, 3.63) is 71.3 Å². The summed E-state index contributed by atoms with van der Waals surface area (Å²) in [5, 5.41) is 29.8. The summed E-state index contributed by atoms with van der Waals surface area (Å²) in [4.78, 5) is 28.9. The molecule has 6 rings (SSSR count). The lowest BCUT2D eigenvalue weighted by atomic mass is 9.96. The second kappa shape index (κ2) is 8.93. The van der Waals surface area contributed by atoms with Crippen molar-refractivity contribution in [1.82, 2.24) is 50.1 Å². The Morgan fingerprint density at radius 3 is 2.89 bits per heavy atom. The number of aromatic amines is 1. The van der Waals surface area contributed by atoms with Gasteiger partial charge in [-0.3, -0.25) is 9.59 Å². The van der Waals surface area contributed by atoms with Crippen LogP contribution >= 0.6 is 0 Å². The van der Waals surface area contributed by atoms with E-state index in [9.17, 15) is 9.59 Å². The Morgan fingerprint density at radius 2 is 2.08 bits per heavy atom. The Bertz CT molecular complexity index is 1620. The number of aryl methyl sites for hydroxylation is 2. The molecular weight excluding hydrogens is 474 g/mol. The number of amides is 2. The molecule has 1 aliphatic rings. The summed E-state index contributed by atoms with van der Waals surface area (Å²) in [5.41, 5.74) is 4.77. The van der Waals surface area contributed by atoms with E-state index in [4.69, 9.17) is 0 Å². The molecule has 1 atom stereocenters. The minimum atomic E-state index is -0.667. The van der Waals surface area contributed by atoms with Crippen LogP contribution in [-0.2, 0) is 17.9 Å². The smallest absolute Gasteiger partial charge is 0.258 e. The molecular formula is C24H23N11O2. The third kappa shape index (κ3) is 3.90. The van der Waals surface area contributed by atoms with Crippen molar-refractivity contribution in [2.24, 2.45) is 0 Å². The molecule has 0 radical (unpaired) electrons. The van der Waals surface area contributed by atoms with Crippen molar-refractivity contribution < 1.29 is 9.59 Å². The van der Waals surface area contributed by atoms with E-state index in [1.807, 2.05) is 32.0 Å². The normalized spacial score (nSPS) is 15.1. The number of anilines is 1. The fourth-order valence-corrected chi connectivity index (χ4v) is 4.79. The van der Waals surface area contributed by atoms with Gasteiger partial charge in [-0.25, -0.2) is 9.20 Å². The van der Waals surface area contributed by atoms with Crippen molar-refractivity contribution in [2.45, 2.75) is 32.9 Å². The first-order valence-corrected chi connectivity index (χ1v) is 11.8. The van der Waals surface area contributed by atoms with Crippen molar-refractivity contribution in [2.75, 3.05) is 11.9 Å². The maximum absolute atomic E-state index is 13.7. The number of hydrogen-bond donors (Lipinski definition) is 2. The molecule has 0 bridgehead atoms. The SMILES string of the molecule is CCn1nnc2c1C(C(=O)Nc1cccc(-c3nn[nH]n3)c1)CN(C(=O)c1cnn3cccc(C)c13)C2. The Balaban J connectivity index is 1.32. The highest BCUT2D eigenvalue weighted by molar-refractivity contribution is 6.02. The second-order valence-corrected chi connectivity index (χ2v) is 8.82. The first-order chi connectivity index (χ1) is 18.0. The number of fused-ring (bicyclic) bond motifs is 2. The third-order valence-corrected chi connectivity index (χ3v) is 6.53. The van der Waals surface area contributed by atoms with E-state index in [0.29, 0.717) is 34.9 Å². The van der Waals surface area contributed by atoms with Crippen LogP contribution in [0.1, 0.15) is 40.2 Å². The quantitative estimate of drug-likeness (QED) is 0.373. The Morgan fingerprint density at radius 1 is 1.19 bits per heavy atom. The fourth-order valence-electron chi connectivity index (χ4n) is 4.79. The lowest BCUT2D eigenvalue weighted by Gasteiger charge is -2.31. The van der Waals surface area contributed by atoms with E-state index in [1.54, 1.807) is 44.7 Å². The van der Waals surface area contributed by atoms with E-state index in [0.717, 1.165) is 16.8 Å². The number of benzene rings is 1. The zero-order valence-electron chi connectivity index (χ0n) is 20.2. The molecule has 5 heterocycles. The number of carbonyl (C=O) groups is 2. The number of nitrogens with one attached hydrogen (secondary N) is 2. The van der Waals surface area contributed by atoms with Crippen LogP contribution in [-0.4, -0.2) is 68.5 Å². The first kappa shape index (κ1) is 22.5. The van der Waals surface area contributed by atoms with E-state index >= 15 is 0 Å². The van der Waals surface area contributed by atoms with Crippen LogP contribution in [0.5, 0.6) is 0 Å². The van der Waals surface area contributed by atoms with E-state index in [-0.39, 0.29) is 24.9 Å². The second-order valence-electron chi connectivity index (χ2n) is 8.82. The van der Waals surface area contributed by atoms with Crippen molar-refractivity contribution in [3.8, 4) is 11.4 Å². The predicted octanol–water partition coefficient (Wildman–Crippen LogP) is 1.81. The molecule has 13 heteroatoms. The molecule has 13 nitrogen and oxygen atoms in total. The summed E-state index contributed by atoms with van der Waals surface area (Å²) >= 11 is 0. The zero-order chi connectivity index (χ0) is 25.5. The molecule has 186 valence electrons. The van der Waals surface area contributed by atoms with E-state index in [1.165, 1.54) is 0 Å². The summed E-state index contributed by atoms with van der Waals surface area (Å²) in [6, 6.07) is 11.0. The van der Waals surface area contributed by atoms with Crippen molar-refractivity contribution in [1.29, 1.82) is 0 Å². The molecule has 1 unspecified atom stereocenters. The van der Waals surface area contributed by atoms with Gasteiger partial charge in [0.25, 0.3) is 5.91 Å². The Kier molecular flexibility index (Phi) is 5.44. The number of nitrogens with zero attached hydrogens (tertiary/aromatic N) is 9. The van der Waals surface area contributed by atoms with Crippen LogP contribution < -0.4 is 5.32 Å². The molecule has 2 N–H and O–H groups in total. The summed E-state index contributed by atoms with van der Waals surface area (Å²) in [6.45, 7) is 4.87. The van der Waals surface area contributed by atoms with Gasteiger partial charge in [0, 0.05) is 30.5 Å². The molecule has 0 spiro atoms. The van der Waals surface area contributed by atoms with Crippen LogP contribution in [0.3, 0.4) is 0 Å². The topological polar surface area (TPSA) is 152 Å². The number of rotatable bonds is 5. The van der Waals surface area contributed by atoms with Crippen LogP contribution in [0, 0.1) is 6.92 Å². The van der Waals surface area contributed by atoms with Gasteiger partial charge in [-0.15, -0.1) is 15.3 Å². The first-order valence-electron chi connectivity index (χ1n) is 11.8. The van der Waals surface area contributed by atoms with Gasteiger partial charge in [0.05, 0.1) is 35.4 Å². The lowest BCUT2D eigenvalue weighted by molar-refractivity contribution is -0.118. The molecule has 1 aliphatic heterocycles. The van der Waals surface area contributed by atoms with Crippen LogP contribution in [0.4, 0.5) is 5.69 Å². The fraction of sp³-hybridized carbons (Fsp3) is 0.250. The van der Waals surface area contributed by atoms with E-state index < -0.39 is 5.92 Å². The van der Waals surface area contributed by atoms with Gasteiger partial charge in [-0.1, -0.05) is 23.4 Å². The average Bonchev–Trinajstić information content (AvgIpc) is 3.68.